The van der Waals surface area contributed by atoms with Crippen LogP contribution in [0.2, 0.25) is 0 Å². The van der Waals surface area contributed by atoms with Crippen LogP contribution in [-0.4, -0.2) is 49.2 Å². The molecule has 21 heavy (non-hydrogen) atoms. The van der Waals surface area contributed by atoms with E-state index < -0.39 is 0 Å². The van der Waals surface area contributed by atoms with Crippen LogP contribution in [0.1, 0.15) is 46.5 Å². The standard InChI is InChI=1S/C15H32N4S.HI/c1-15(2,3)18-10-9-17-14(16-4)19-12-7-6-8-13(11-12)20-5;/h12-13,18H,6-11H2,1-5H3,(H2,16,17,19);1H. The Hall–Kier alpha value is 0.310. The summed E-state index contributed by atoms with van der Waals surface area (Å²) in [5.41, 5.74) is 0.174. The number of hydrogen-bond acceptors (Lipinski definition) is 3. The van der Waals surface area contributed by atoms with Crippen LogP contribution in [0.15, 0.2) is 4.99 Å². The third kappa shape index (κ3) is 9.84. The van der Waals surface area contributed by atoms with Gasteiger partial charge in [0.1, 0.15) is 0 Å². The summed E-state index contributed by atoms with van der Waals surface area (Å²) in [5, 5.41) is 11.2. The maximum absolute atomic E-state index is 4.33. The summed E-state index contributed by atoms with van der Waals surface area (Å²) in [6, 6.07) is 0.572. The minimum absolute atomic E-state index is 0. The fraction of sp³-hybridized carbons (Fsp3) is 0.933. The molecular formula is C15H33IN4S. The number of thioether (sulfide) groups is 1. The molecule has 0 bridgehead atoms. The smallest absolute Gasteiger partial charge is 0.191 e. The van der Waals surface area contributed by atoms with Crippen LogP contribution in [0, 0.1) is 0 Å². The third-order valence-corrected chi connectivity index (χ3v) is 4.69. The van der Waals surface area contributed by atoms with E-state index in [-0.39, 0.29) is 29.5 Å². The topological polar surface area (TPSA) is 48.5 Å². The van der Waals surface area contributed by atoms with Gasteiger partial charge < -0.3 is 16.0 Å². The van der Waals surface area contributed by atoms with Crippen molar-refractivity contribution in [2.75, 3.05) is 26.4 Å². The number of nitrogens with zero attached hydrogens (tertiary/aromatic N) is 1. The Morgan fingerprint density at radius 1 is 1.24 bits per heavy atom. The molecule has 4 nitrogen and oxygen atoms in total. The van der Waals surface area contributed by atoms with E-state index >= 15 is 0 Å². The maximum Gasteiger partial charge on any atom is 0.191 e. The highest BCUT2D eigenvalue weighted by molar-refractivity contribution is 14.0. The van der Waals surface area contributed by atoms with Gasteiger partial charge in [-0.3, -0.25) is 4.99 Å². The zero-order chi connectivity index (χ0) is 15.0. The summed E-state index contributed by atoms with van der Waals surface area (Å²) in [7, 11) is 1.85. The second kappa shape index (κ2) is 10.9. The van der Waals surface area contributed by atoms with E-state index in [1.54, 1.807) is 0 Å². The molecule has 6 heteroatoms. The number of guanidine groups is 1. The quantitative estimate of drug-likeness (QED) is 0.273. The molecule has 0 radical (unpaired) electrons. The summed E-state index contributed by atoms with van der Waals surface area (Å²) in [6.07, 6.45) is 7.42. The predicted molar refractivity (Wildman–Crippen MR) is 107 cm³/mol. The molecule has 0 aromatic carbocycles. The highest BCUT2D eigenvalue weighted by Crippen LogP contribution is 2.26. The van der Waals surface area contributed by atoms with Gasteiger partial charge in [-0.25, -0.2) is 0 Å². The lowest BCUT2D eigenvalue weighted by atomic mass is 9.95. The van der Waals surface area contributed by atoms with E-state index in [0.29, 0.717) is 6.04 Å². The summed E-state index contributed by atoms with van der Waals surface area (Å²) < 4.78 is 0. The van der Waals surface area contributed by atoms with Gasteiger partial charge in [-0.2, -0.15) is 11.8 Å². The lowest BCUT2D eigenvalue weighted by Crippen LogP contribution is -2.48. The Labute approximate surface area is 152 Å². The van der Waals surface area contributed by atoms with Gasteiger partial charge >= 0.3 is 0 Å². The number of nitrogens with one attached hydrogen (secondary N) is 3. The molecule has 1 saturated carbocycles. The number of aliphatic imine (C=N–C) groups is 1. The number of halogens is 1. The molecule has 1 rings (SSSR count). The van der Waals surface area contributed by atoms with Crippen LogP contribution < -0.4 is 16.0 Å². The van der Waals surface area contributed by atoms with Crippen molar-refractivity contribution in [2.24, 2.45) is 4.99 Å². The molecule has 126 valence electrons. The Bertz CT molecular complexity index is 305. The zero-order valence-electron chi connectivity index (χ0n) is 14.2. The predicted octanol–water partition coefficient (Wildman–Crippen LogP) is 2.83. The fourth-order valence-corrected chi connectivity index (χ4v) is 3.32. The number of rotatable bonds is 5. The minimum atomic E-state index is 0. The first-order chi connectivity index (χ1) is 9.44. The van der Waals surface area contributed by atoms with Crippen molar-refractivity contribution >= 4 is 41.7 Å². The number of hydrogen-bond donors (Lipinski definition) is 3. The molecule has 0 saturated heterocycles. The first-order valence-corrected chi connectivity index (χ1v) is 8.98. The van der Waals surface area contributed by atoms with Gasteiger partial charge in [-0.1, -0.05) is 6.42 Å². The van der Waals surface area contributed by atoms with E-state index in [9.17, 15) is 0 Å². The summed E-state index contributed by atoms with van der Waals surface area (Å²) in [6.45, 7) is 8.40. The van der Waals surface area contributed by atoms with Crippen molar-refractivity contribution in [1.29, 1.82) is 0 Å². The molecule has 2 atom stereocenters. The van der Waals surface area contributed by atoms with Crippen molar-refractivity contribution in [1.82, 2.24) is 16.0 Å². The van der Waals surface area contributed by atoms with E-state index in [0.717, 1.165) is 24.3 Å². The molecule has 1 fully saturated rings. The molecule has 2 unspecified atom stereocenters. The minimum Gasteiger partial charge on any atom is -0.355 e. The van der Waals surface area contributed by atoms with Gasteiger partial charge in [0.15, 0.2) is 5.96 Å². The second-order valence-corrected chi connectivity index (χ2v) is 7.68. The SMILES string of the molecule is CN=C(NCCNC(C)(C)C)NC1CCCC(SC)C1.I. The molecule has 0 aromatic rings. The van der Waals surface area contributed by atoms with Gasteiger partial charge in [0.05, 0.1) is 0 Å². The van der Waals surface area contributed by atoms with E-state index in [1.807, 2.05) is 18.8 Å². The normalized spacial score (nSPS) is 23.4. The lowest BCUT2D eigenvalue weighted by molar-refractivity contribution is 0.414. The van der Waals surface area contributed by atoms with Crippen LogP contribution >= 0.6 is 35.7 Å². The highest BCUT2D eigenvalue weighted by Gasteiger charge is 2.21. The average Bonchev–Trinajstić information content (AvgIpc) is 2.41. The van der Waals surface area contributed by atoms with Gasteiger partial charge in [-0.15, -0.1) is 24.0 Å². The van der Waals surface area contributed by atoms with Crippen LogP contribution in [0.25, 0.3) is 0 Å². The maximum atomic E-state index is 4.33. The van der Waals surface area contributed by atoms with Crippen LogP contribution in [0.5, 0.6) is 0 Å². The van der Waals surface area contributed by atoms with Gasteiger partial charge in [0.2, 0.25) is 0 Å². The lowest BCUT2D eigenvalue weighted by Gasteiger charge is -2.30. The van der Waals surface area contributed by atoms with Crippen LogP contribution in [0.3, 0.4) is 0 Å². The highest BCUT2D eigenvalue weighted by atomic mass is 127. The summed E-state index contributed by atoms with van der Waals surface area (Å²) >= 11 is 2.00. The van der Waals surface area contributed by atoms with Crippen LogP contribution in [0.4, 0.5) is 0 Å². The average molecular weight is 428 g/mol. The van der Waals surface area contributed by atoms with E-state index in [1.165, 1.54) is 25.7 Å². The molecule has 1 aliphatic carbocycles. The summed E-state index contributed by atoms with van der Waals surface area (Å²) in [5.74, 6) is 0.937. The molecule has 0 amide bonds. The second-order valence-electron chi connectivity index (χ2n) is 6.54. The Kier molecular flexibility index (Phi) is 11.1. The Balaban J connectivity index is 0.00000400. The molecule has 0 spiro atoms. The van der Waals surface area contributed by atoms with Crippen molar-refractivity contribution in [3.63, 3.8) is 0 Å². The van der Waals surface area contributed by atoms with E-state index in [2.05, 4.69) is 48.0 Å². The Morgan fingerprint density at radius 3 is 2.52 bits per heavy atom. The molecule has 0 aliphatic heterocycles. The molecule has 3 N–H and O–H groups in total. The first-order valence-electron chi connectivity index (χ1n) is 7.69. The summed E-state index contributed by atoms with van der Waals surface area (Å²) in [4.78, 5) is 4.33. The zero-order valence-corrected chi connectivity index (χ0v) is 17.3. The molecular weight excluding hydrogens is 395 g/mol. The van der Waals surface area contributed by atoms with Crippen LogP contribution in [-0.2, 0) is 0 Å². The third-order valence-electron chi connectivity index (χ3n) is 3.60. The first kappa shape index (κ1) is 21.3. The Morgan fingerprint density at radius 2 is 1.95 bits per heavy atom. The van der Waals surface area contributed by atoms with Crippen molar-refractivity contribution < 1.29 is 0 Å². The fourth-order valence-electron chi connectivity index (χ4n) is 2.50. The van der Waals surface area contributed by atoms with E-state index in [4.69, 9.17) is 0 Å². The largest absolute Gasteiger partial charge is 0.355 e. The van der Waals surface area contributed by atoms with Crippen molar-refractivity contribution in [3.05, 3.63) is 0 Å². The monoisotopic (exact) mass is 428 g/mol. The van der Waals surface area contributed by atoms with Gasteiger partial charge in [0, 0.05) is 37.0 Å². The van der Waals surface area contributed by atoms with Gasteiger partial charge in [0.25, 0.3) is 0 Å². The van der Waals surface area contributed by atoms with Crippen molar-refractivity contribution in [3.8, 4) is 0 Å². The molecule has 1 aliphatic rings. The molecule has 0 aromatic heterocycles. The van der Waals surface area contributed by atoms with Crippen molar-refractivity contribution in [2.45, 2.75) is 63.3 Å². The van der Waals surface area contributed by atoms with Gasteiger partial charge in [-0.05, 0) is 46.3 Å². The molecule has 0 heterocycles.